The first-order valence-electron chi connectivity index (χ1n) is 17.7. The van der Waals surface area contributed by atoms with Gasteiger partial charge in [-0.2, -0.15) is 0 Å². The third-order valence-corrected chi connectivity index (χ3v) is 11.1. The summed E-state index contributed by atoms with van der Waals surface area (Å²) in [6.45, 7) is 2.20. The number of para-hydroxylation sites is 2. The number of aromatic hydroxyl groups is 2. The zero-order chi connectivity index (χ0) is 36.4. The molecule has 2 aliphatic carbocycles. The average molecular weight is 693 g/mol. The van der Waals surface area contributed by atoms with Gasteiger partial charge in [0, 0.05) is 28.2 Å². The van der Waals surface area contributed by atoms with Crippen LogP contribution < -0.4 is 15.2 Å². The largest absolute Gasteiger partial charge is 0.507 e. The molecule has 0 unspecified atom stereocenters. The lowest BCUT2D eigenvalue weighted by molar-refractivity contribution is -0.134. The van der Waals surface area contributed by atoms with Crippen molar-refractivity contribution in [3.8, 4) is 39.5 Å². The number of rotatable bonds is 5. The molecule has 0 heterocycles. The molecule has 0 radical (unpaired) electrons. The van der Waals surface area contributed by atoms with E-state index in [9.17, 15) is 15.0 Å². The number of allylic oxidation sites excluding steroid dienone is 1. The van der Waals surface area contributed by atoms with Crippen LogP contribution in [0.1, 0.15) is 29.5 Å². The lowest BCUT2D eigenvalue weighted by Gasteiger charge is -2.30. The first kappa shape index (κ1) is 32.3. The van der Waals surface area contributed by atoms with Gasteiger partial charge in [-0.15, -0.1) is 0 Å². The number of methoxy groups -OCH3 is 2. The molecule has 0 aliphatic heterocycles. The number of phenolic OH excluding ortho intramolecular Hbond substituents is 2. The Labute approximate surface area is 307 Å². The zero-order valence-electron chi connectivity index (χ0n) is 29.6. The Morgan fingerprint density at radius 2 is 1.21 bits per heavy atom. The van der Waals surface area contributed by atoms with Crippen LogP contribution in [0.4, 0.5) is 0 Å². The van der Waals surface area contributed by atoms with Gasteiger partial charge in [0.2, 0.25) is 0 Å². The van der Waals surface area contributed by atoms with E-state index in [1.54, 1.807) is 19.2 Å². The Balaban J connectivity index is 1.41. The monoisotopic (exact) mass is 692 g/mol. The van der Waals surface area contributed by atoms with Crippen LogP contribution in [0.3, 0.4) is 0 Å². The lowest BCUT2D eigenvalue weighted by Crippen LogP contribution is -2.41. The maximum absolute atomic E-state index is 14.5. The van der Waals surface area contributed by atoms with E-state index in [0.29, 0.717) is 5.57 Å². The number of esters is 1. The van der Waals surface area contributed by atoms with Crippen molar-refractivity contribution in [1.29, 1.82) is 0 Å². The standard InChI is InChI=1S/C48H36O5/c1-27-43-35-13-5-4-12-34(35)38-25-29(32-10-6-8-14-41(32)49)19-23-37(38)45(43)47(48(51)53-3)46-40(24-28-16-20-31(52-2)21-17-28)39-26-30(18-22-36(39)44(27)46)33-11-7-9-15-42(33)50/h4-26,44,46,49-50H,1-3H3/b40-24-/t44-,46+/m0/s1. The number of carbonyl (C=O) groups is 1. The van der Waals surface area contributed by atoms with Crippen molar-refractivity contribution in [2.45, 2.75) is 12.8 Å². The Morgan fingerprint density at radius 3 is 1.87 bits per heavy atom. The van der Waals surface area contributed by atoms with Crippen molar-refractivity contribution in [2.75, 3.05) is 14.2 Å². The molecule has 0 aromatic heterocycles. The van der Waals surface area contributed by atoms with Gasteiger partial charge in [0.25, 0.3) is 0 Å². The number of hydrogen-bond acceptors (Lipinski definition) is 5. The molecule has 0 saturated heterocycles. The van der Waals surface area contributed by atoms with Gasteiger partial charge < -0.3 is 19.7 Å². The maximum atomic E-state index is 14.5. The van der Waals surface area contributed by atoms with Crippen LogP contribution >= 0.6 is 0 Å². The topological polar surface area (TPSA) is 76.0 Å². The van der Waals surface area contributed by atoms with E-state index in [4.69, 9.17) is 9.47 Å². The minimum absolute atomic E-state index is 0.143. The molecular weight excluding hydrogens is 657 g/mol. The number of phenols is 2. The zero-order valence-corrected chi connectivity index (χ0v) is 29.6. The summed E-state index contributed by atoms with van der Waals surface area (Å²) in [5.74, 6) is 0.317. The van der Waals surface area contributed by atoms with Crippen molar-refractivity contribution in [3.63, 3.8) is 0 Å². The van der Waals surface area contributed by atoms with Gasteiger partial charge in [-0.1, -0.05) is 109 Å². The molecule has 7 aromatic rings. The summed E-state index contributed by atoms with van der Waals surface area (Å²) in [6.07, 6.45) is 2.18. The Bertz CT molecular complexity index is 2810. The fourth-order valence-electron chi connectivity index (χ4n) is 8.76. The molecule has 53 heavy (non-hydrogen) atoms. The van der Waals surface area contributed by atoms with Gasteiger partial charge >= 0.3 is 5.97 Å². The lowest BCUT2D eigenvalue weighted by atomic mass is 9.73. The highest BCUT2D eigenvalue weighted by molar-refractivity contribution is 6.21. The molecule has 2 atom stereocenters. The predicted molar refractivity (Wildman–Crippen MR) is 213 cm³/mol. The van der Waals surface area contributed by atoms with Gasteiger partial charge in [0.15, 0.2) is 0 Å². The molecule has 2 aliphatic rings. The van der Waals surface area contributed by atoms with E-state index in [1.165, 1.54) is 12.7 Å². The van der Waals surface area contributed by atoms with Crippen molar-refractivity contribution < 1.29 is 24.5 Å². The maximum Gasteiger partial charge on any atom is 0.335 e. The van der Waals surface area contributed by atoms with E-state index in [2.05, 4.69) is 61.5 Å². The highest BCUT2D eigenvalue weighted by Crippen LogP contribution is 2.56. The fourth-order valence-corrected chi connectivity index (χ4v) is 8.76. The smallest absolute Gasteiger partial charge is 0.335 e. The first-order chi connectivity index (χ1) is 25.9. The second kappa shape index (κ2) is 12.6. The Hall–Kier alpha value is -6.59. The molecular formula is C48H36O5. The summed E-state index contributed by atoms with van der Waals surface area (Å²) in [5, 5.41) is 27.7. The number of ether oxygens (including phenoxy) is 2. The van der Waals surface area contributed by atoms with Crippen LogP contribution in [0.25, 0.3) is 66.6 Å². The second-order valence-electron chi connectivity index (χ2n) is 13.8. The van der Waals surface area contributed by atoms with Crippen LogP contribution in [0.5, 0.6) is 17.2 Å². The van der Waals surface area contributed by atoms with Crippen LogP contribution in [0, 0.1) is 5.92 Å². The summed E-state index contributed by atoms with van der Waals surface area (Å²) >= 11 is 0. The van der Waals surface area contributed by atoms with E-state index in [0.717, 1.165) is 82.2 Å². The van der Waals surface area contributed by atoms with Crippen molar-refractivity contribution >= 4 is 50.3 Å². The van der Waals surface area contributed by atoms with Crippen LogP contribution in [-0.2, 0) is 9.53 Å². The average Bonchev–Trinajstić information content (AvgIpc) is 3.51. The Morgan fingerprint density at radius 1 is 0.604 bits per heavy atom. The predicted octanol–water partition coefficient (Wildman–Crippen LogP) is 9.21. The van der Waals surface area contributed by atoms with Gasteiger partial charge in [-0.3, -0.25) is 0 Å². The van der Waals surface area contributed by atoms with Gasteiger partial charge in [0.05, 0.1) is 19.8 Å². The molecule has 0 amide bonds. The molecule has 5 nitrogen and oxygen atoms in total. The number of carbonyl (C=O) groups excluding carboxylic acids is 1. The summed E-state index contributed by atoms with van der Waals surface area (Å²) in [5.41, 5.74) is 9.19. The quantitative estimate of drug-likeness (QED) is 0.139. The van der Waals surface area contributed by atoms with Crippen molar-refractivity contribution in [3.05, 3.63) is 161 Å². The molecule has 2 N–H and O–H groups in total. The van der Waals surface area contributed by atoms with Crippen molar-refractivity contribution in [2.24, 2.45) is 5.92 Å². The third kappa shape index (κ3) is 5.03. The highest BCUT2D eigenvalue weighted by atomic mass is 16.5. The molecule has 5 heteroatoms. The van der Waals surface area contributed by atoms with Gasteiger partial charge in [-0.25, -0.2) is 4.79 Å². The SMILES string of the molecule is COC(=O)C1=c2c(c3ccccc3c3cc(-c4ccccc4O)ccc23)=C(C)[C@H]2c3ccc(-c4ccccc4O)cc3/C(=C/c3ccc(OC)cc3)[C@@H]12. The molecule has 0 saturated carbocycles. The van der Waals surface area contributed by atoms with Crippen molar-refractivity contribution in [1.82, 2.24) is 0 Å². The first-order valence-corrected chi connectivity index (χ1v) is 17.7. The second-order valence-corrected chi connectivity index (χ2v) is 13.8. The highest BCUT2D eigenvalue weighted by Gasteiger charge is 2.45. The molecule has 9 rings (SSSR count). The number of fused-ring (bicyclic) bond motifs is 9. The molecule has 7 aromatic carbocycles. The summed E-state index contributed by atoms with van der Waals surface area (Å²) in [4.78, 5) is 14.5. The summed E-state index contributed by atoms with van der Waals surface area (Å²) in [6, 6.07) is 43.7. The minimum atomic E-state index is -0.371. The number of benzene rings is 7. The number of hydrogen-bond donors (Lipinski definition) is 2. The van der Waals surface area contributed by atoms with E-state index in [1.807, 2.05) is 72.8 Å². The molecule has 0 fully saturated rings. The van der Waals surface area contributed by atoms with Gasteiger partial charge in [0.1, 0.15) is 17.2 Å². The summed E-state index contributed by atoms with van der Waals surface area (Å²) in [7, 11) is 3.11. The molecule has 258 valence electrons. The van der Waals surface area contributed by atoms with E-state index < -0.39 is 0 Å². The van der Waals surface area contributed by atoms with E-state index >= 15 is 0 Å². The van der Waals surface area contributed by atoms with Crippen LogP contribution in [0.15, 0.2) is 133 Å². The van der Waals surface area contributed by atoms with Gasteiger partial charge in [-0.05, 0) is 103 Å². The van der Waals surface area contributed by atoms with E-state index in [-0.39, 0.29) is 29.3 Å². The van der Waals surface area contributed by atoms with Crippen LogP contribution in [0.2, 0.25) is 0 Å². The molecule has 0 spiro atoms. The Kier molecular flexibility index (Phi) is 7.67. The normalized spacial score (nSPS) is 16.8. The summed E-state index contributed by atoms with van der Waals surface area (Å²) < 4.78 is 11.2. The fraction of sp³-hybridized carbons (Fsp3) is 0.104. The van der Waals surface area contributed by atoms with Crippen LogP contribution in [-0.4, -0.2) is 30.4 Å². The third-order valence-electron chi connectivity index (χ3n) is 11.1. The minimum Gasteiger partial charge on any atom is -0.507 e. The molecule has 0 bridgehead atoms.